The van der Waals surface area contributed by atoms with E-state index in [0.29, 0.717) is 17.9 Å². The highest BCUT2D eigenvalue weighted by Crippen LogP contribution is 2.46. The van der Waals surface area contributed by atoms with Crippen molar-refractivity contribution in [3.05, 3.63) is 77.0 Å². The second-order valence-corrected chi connectivity index (χ2v) is 6.81. The van der Waals surface area contributed by atoms with Gasteiger partial charge in [0.25, 0.3) is 0 Å². The van der Waals surface area contributed by atoms with E-state index < -0.39 is 11.6 Å². The molecule has 0 saturated carbocycles. The van der Waals surface area contributed by atoms with Gasteiger partial charge >= 0.3 is 6.03 Å². The molecule has 3 rings (SSSR count). The maximum absolute atomic E-state index is 13.0. The predicted molar refractivity (Wildman–Crippen MR) is 90.9 cm³/mol. The normalized spacial score (nSPS) is 19.8. The van der Waals surface area contributed by atoms with Crippen LogP contribution in [0.2, 0.25) is 0 Å². The summed E-state index contributed by atoms with van der Waals surface area (Å²) >= 11 is 1.49. The third-order valence-electron chi connectivity index (χ3n) is 4.08. The third-order valence-corrected chi connectivity index (χ3v) is 5.17. The van der Waals surface area contributed by atoms with E-state index in [4.69, 9.17) is 5.73 Å². The molecule has 0 heterocycles. The molecule has 124 valence electrons. The molecular weight excluding hydrogens is 327 g/mol. The molecular formula is C18H17FN2O2S. The first kappa shape index (κ1) is 16.5. The Hall–Kier alpha value is -2.31. The van der Waals surface area contributed by atoms with E-state index in [1.165, 1.54) is 23.9 Å². The lowest BCUT2D eigenvalue weighted by atomic mass is 9.89. The Kier molecular flexibility index (Phi) is 4.59. The number of carbonyl (C=O) groups excluding carboxylic acids is 1. The number of hydroxylamine groups is 2. The first-order valence-corrected chi connectivity index (χ1v) is 8.32. The van der Waals surface area contributed by atoms with E-state index in [0.717, 1.165) is 15.4 Å². The number of halogens is 1. The first-order chi connectivity index (χ1) is 11.5. The summed E-state index contributed by atoms with van der Waals surface area (Å²) in [6.45, 7) is 0. The second kappa shape index (κ2) is 6.67. The lowest BCUT2D eigenvalue weighted by Crippen LogP contribution is -2.47. The molecule has 6 heteroatoms. The average molecular weight is 344 g/mol. The van der Waals surface area contributed by atoms with Crippen molar-refractivity contribution in [3.8, 4) is 0 Å². The summed E-state index contributed by atoms with van der Waals surface area (Å²) in [5.74, 6) is -0.284. The zero-order valence-electron chi connectivity index (χ0n) is 12.9. The zero-order chi connectivity index (χ0) is 17.2. The summed E-state index contributed by atoms with van der Waals surface area (Å²) in [6, 6.07) is 14.6. The average Bonchev–Trinajstić information content (AvgIpc) is 3.02. The fourth-order valence-electron chi connectivity index (χ4n) is 2.90. The van der Waals surface area contributed by atoms with Crippen LogP contribution in [-0.4, -0.2) is 16.3 Å². The monoisotopic (exact) mass is 344 g/mol. The Bertz CT molecular complexity index is 764. The summed E-state index contributed by atoms with van der Waals surface area (Å²) in [5.41, 5.74) is 5.13. The molecule has 2 aromatic rings. The molecule has 0 saturated heterocycles. The van der Waals surface area contributed by atoms with Gasteiger partial charge in [-0.05, 0) is 53.7 Å². The highest BCUT2D eigenvalue weighted by molar-refractivity contribution is 8.03. The molecule has 1 aliphatic rings. The highest BCUT2D eigenvalue weighted by atomic mass is 32.2. The molecule has 0 bridgehead atoms. The molecule has 24 heavy (non-hydrogen) atoms. The van der Waals surface area contributed by atoms with Gasteiger partial charge in [-0.25, -0.2) is 9.18 Å². The molecule has 0 spiro atoms. The molecule has 1 aliphatic carbocycles. The number of rotatable bonds is 4. The van der Waals surface area contributed by atoms with E-state index in [9.17, 15) is 14.4 Å². The molecule has 3 N–H and O–H groups in total. The molecule has 1 atom stereocenters. The number of amides is 2. The van der Waals surface area contributed by atoms with Crippen molar-refractivity contribution in [2.45, 2.75) is 23.3 Å². The lowest BCUT2D eigenvalue weighted by Gasteiger charge is -2.34. The number of hydrogen-bond acceptors (Lipinski definition) is 3. The zero-order valence-corrected chi connectivity index (χ0v) is 13.7. The molecule has 0 fully saturated rings. The summed E-state index contributed by atoms with van der Waals surface area (Å²) in [6.07, 6.45) is 3.07. The lowest BCUT2D eigenvalue weighted by molar-refractivity contribution is -0.109. The van der Waals surface area contributed by atoms with Gasteiger partial charge in [0.05, 0.1) is 0 Å². The minimum atomic E-state index is -0.977. The van der Waals surface area contributed by atoms with Gasteiger partial charge in [-0.3, -0.25) is 5.21 Å². The van der Waals surface area contributed by atoms with Crippen LogP contribution in [0.3, 0.4) is 0 Å². The van der Waals surface area contributed by atoms with Crippen molar-refractivity contribution in [1.29, 1.82) is 0 Å². The molecule has 4 nitrogen and oxygen atoms in total. The fraction of sp³-hybridized carbons (Fsp3) is 0.167. The van der Waals surface area contributed by atoms with Crippen molar-refractivity contribution in [3.63, 3.8) is 0 Å². The van der Waals surface area contributed by atoms with Crippen molar-refractivity contribution in [2.75, 3.05) is 0 Å². The van der Waals surface area contributed by atoms with E-state index in [1.54, 1.807) is 12.1 Å². The molecule has 1 unspecified atom stereocenters. The number of thioether (sulfide) groups is 1. The number of nitrogens with zero attached hydrogens (tertiary/aromatic N) is 1. The van der Waals surface area contributed by atoms with Gasteiger partial charge < -0.3 is 5.73 Å². The van der Waals surface area contributed by atoms with Crippen LogP contribution in [0.4, 0.5) is 9.18 Å². The van der Waals surface area contributed by atoms with Gasteiger partial charge in [0.2, 0.25) is 0 Å². The van der Waals surface area contributed by atoms with Crippen LogP contribution in [0.5, 0.6) is 0 Å². The van der Waals surface area contributed by atoms with Crippen molar-refractivity contribution < 1.29 is 14.4 Å². The van der Waals surface area contributed by atoms with Crippen LogP contribution >= 0.6 is 11.8 Å². The van der Waals surface area contributed by atoms with Crippen LogP contribution in [0.15, 0.2) is 70.5 Å². The van der Waals surface area contributed by atoms with E-state index in [-0.39, 0.29) is 5.82 Å². The number of nitrogens with two attached hydrogens (primary N) is 1. The molecule has 2 aromatic carbocycles. The Morgan fingerprint density at radius 2 is 1.83 bits per heavy atom. The summed E-state index contributed by atoms with van der Waals surface area (Å²) in [5, 5.41) is 10.9. The van der Waals surface area contributed by atoms with Gasteiger partial charge in [0, 0.05) is 4.90 Å². The Labute approximate surface area is 143 Å². The summed E-state index contributed by atoms with van der Waals surface area (Å²) in [4.78, 5) is 13.5. The summed E-state index contributed by atoms with van der Waals surface area (Å²) in [7, 11) is 0. The number of allylic oxidation sites excluding steroid dienone is 1. The number of primary amides is 1. The van der Waals surface area contributed by atoms with E-state index in [2.05, 4.69) is 0 Å². The maximum atomic E-state index is 13.0. The van der Waals surface area contributed by atoms with Crippen LogP contribution in [0, 0.1) is 5.82 Å². The fourth-order valence-corrected chi connectivity index (χ4v) is 3.93. The Balaban J connectivity index is 1.94. The van der Waals surface area contributed by atoms with Crippen molar-refractivity contribution in [2.24, 2.45) is 5.73 Å². The number of urea groups is 1. The number of benzene rings is 2. The van der Waals surface area contributed by atoms with Crippen LogP contribution in [0.1, 0.15) is 18.4 Å². The third kappa shape index (κ3) is 3.16. The largest absolute Gasteiger partial charge is 0.350 e. The highest BCUT2D eigenvalue weighted by Gasteiger charge is 2.42. The number of carbonyl (C=O) groups is 1. The van der Waals surface area contributed by atoms with Crippen LogP contribution in [-0.2, 0) is 5.54 Å². The topological polar surface area (TPSA) is 66.6 Å². The molecule has 0 aliphatic heterocycles. The first-order valence-electron chi connectivity index (χ1n) is 7.50. The van der Waals surface area contributed by atoms with Crippen LogP contribution < -0.4 is 5.73 Å². The standard InChI is InChI=1S/C18H17FN2O2S/c19-14-6-8-15(9-7-14)24-16-10-11-18(12-16,21(23)17(20)22)13-4-2-1-3-5-13/h1-9,12,23H,10-11H2,(H2,20,22). The molecule has 2 amide bonds. The minimum absolute atomic E-state index is 0.284. The number of hydrogen-bond donors (Lipinski definition) is 2. The Morgan fingerprint density at radius 1 is 1.17 bits per heavy atom. The van der Waals surface area contributed by atoms with Gasteiger partial charge in [0.15, 0.2) is 0 Å². The molecule has 0 aromatic heterocycles. The van der Waals surface area contributed by atoms with Crippen LogP contribution in [0.25, 0.3) is 0 Å². The summed E-state index contributed by atoms with van der Waals surface area (Å²) < 4.78 is 13.0. The smallest absolute Gasteiger partial charge is 0.339 e. The maximum Gasteiger partial charge on any atom is 0.339 e. The SMILES string of the molecule is NC(=O)N(O)C1(c2ccccc2)C=C(Sc2ccc(F)cc2)CC1. The van der Waals surface area contributed by atoms with Gasteiger partial charge in [-0.15, -0.1) is 0 Å². The Morgan fingerprint density at radius 3 is 2.46 bits per heavy atom. The minimum Gasteiger partial charge on any atom is -0.350 e. The van der Waals surface area contributed by atoms with E-state index >= 15 is 0 Å². The van der Waals surface area contributed by atoms with Gasteiger partial charge in [-0.1, -0.05) is 42.1 Å². The van der Waals surface area contributed by atoms with Crippen molar-refractivity contribution in [1.82, 2.24) is 5.06 Å². The molecule has 0 radical (unpaired) electrons. The second-order valence-electron chi connectivity index (χ2n) is 5.61. The van der Waals surface area contributed by atoms with E-state index in [1.807, 2.05) is 36.4 Å². The van der Waals surface area contributed by atoms with Gasteiger partial charge in [-0.2, -0.15) is 5.06 Å². The van der Waals surface area contributed by atoms with Gasteiger partial charge in [0.1, 0.15) is 11.4 Å². The quantitative estimate of drug-likeness (QED) is 0.643. The predicted octanol–water partition coefficient (Wildman–Crippen LogP) is 4.26. The van der Waals surface area contributed by atoms with Crippen molar-refractivity contribution >= 4 is 17.8 Å².